The zero-order valence-corrected chi connectivity index (χ0v) is 7.39. The molecule has 1 heterocycles. The predicted octanol–water partition coefficient (Wildman–Crippen LogP) is 0.102. The summed E-state index contributed by atoms with van der Waals surface area (Å²) in [5.41, 5.74) is 5.77. The molecule has 0 bridgehead atoms. The Morgan fingerprint density at radius 3 is 2.91 bits per heavy atom. The molecule has 2 atom stereocenters. The number of hydrogen-bond acceptors (Lipinski definition) is 3. The summed E-state index contributed by atoms with van der Waals surface area (Å²) < 4.78 is 5.63. The van der Waals surface area contributed by atoms with E-state index >= 15 is 0 Å². The number of nitrogens with one attached hydrogen (secondary N) is 1. The molecular formula is C8H18N2O. The molecule has 0 amide bonds. The number of rotatable bonds is 2. The van der Waals surface area contributed by atoms with Gasteiger partial charge in [-0.05, 0) is 13.3 Å². The van der Waals surface area contributed by atoms with Gasteiger partial charge in [0, 0.05) is 19.1 Å². The van der Waals surface area contributed by atoms with Crippen LogP contribution in [0, 0.1) is 0 Å². The first-order valence-corrected chi connectivity index (χ1v) is 4.29. The highest BCUT2D eigenvalue weighted by Gasteiger charge is 2.33. The number of nitrogens with two attached hydrogens (primary N) is 1. The van der Waals surface area contributed by atoms with Crippen molar-refractivity contribution in [2.75, 3.05) is 19.7 Å². The summed E-state index contributed by atoms with van der Waals surface area (Å²) in [4.78, 5) is 0. The largest absolute Gasteiger partial charge is 0.371 e. The zero-order valence-electron chi connectivity index (χ0n) is 7.39. The van der Waals surface area contributed by atoms with E-state index in [9.17, 15) is 0 Å². The van der Waals surface area contributed by atoms with Gasteiger partial charge in [0.1, 0.15) is 0 Å². The van der Waals surface area contributed by atoms with Crippen molar-refractivity contribution in [3.8, 4) is 0 Å². The van der Waals surface area contributed by atoms with Gasteiger partial charge in [-0.2, -0.15) is 0 Å². The standard InChI is InChI=1S/C8H18N2O/c1-3-7(9)8(2)6-10-4-5-11-8/h7,10H,3-6,9H2,1-2H3. The van der Waals surface area contributed by atoms with Crippen LogP contribution in [0.5, 0.6) is 0 Å². The topological polar surface area (TPSA) is 47.3 Å². The quantitative estimate of drug-likeness (QED) is 0.599. The molecule has 0 aromatic carbocycles. The van der Waals surface area contributed by atoms with Crippen molar-refractivity contribution in [1.29, 1.82) is 0 Å². The second-order valence-electron chi connectivity index (χ2n) is 3.35. The van der Waals surface area contributed by atoms with Crippen LogP contribution in [-0.4, -0.2) is 31.3 Å². The Morgan fingerprint density at radius 1 is 1.73 bits per heavy atom. The zero-order chi connectivity index (χ0) is 8.32. The number of hydrogen-bond donors (Lipinski definition) is 2. The van der Waals surface area contributed by atoms with Gasteiger partial charge < -0.3 is 15.8 Å². The van der Waals surface area contributed by atoms with Crippen LogP contribution in [0.15, 0.2) is 0 Å². The SMILES string of the molecule is CCC(N)C1(C)CNCCO1. The summed E-state index contributed by atoms with van der Waals surface area (Å²) in [5.74, 6) is 0. The lowest BCUT2D eigenvalue weighted by Gasteiger charge is -2.38. The van der Waals surface area contributed by atoms with Gasteiger partial charge in [-0.3, -0.25) is 0 Å². The second-order valence-corrected chi connectivity index (χ2v) is 3.35. The molecule has 0 spiro atoms. The van der Waals surface area contributed by atoms with Crippen LogP contribution >= 0.6 is 0 Å². The first-order valence-electron chi connectivity index (χ1n) is 4.29. The Hall–Kier alpha value is -0.120. The normalized spacial score (nSPS) is 35.2. The van der Waals surface area contributed by atoms with E-state index in [-0.39, 0.29) is 11.6 Å². The monoisotopic (exact) mass is 158 g/mol. The van der Waals surface area contributed by atoms with Gasteiger partial charge in [-0.1, -0.05) is 6.92 Å². The second kappa shape index (κ2) is 3.52. The lowest BCUT2D eigenvalue weighted by molar-refractivity contribution is -0.0693. The third-order valence-electron chi connectivity index (χ3n) is 2.41. The van der Waals surface area contributed by atoms with Crippen LogP contribution in [0.25, 0.3) is 0 Å². The maximum absolute atomic E-state index is 5.92. The van der Waals surface area contributed by atoms with E-state index in [1.165, 1.54) is 0 Å². The van der Waals surface area contributed by atoms with Crippen molar-refractivity contribution in [3.05, 3.63) is 0 Å². The van der Waals surface area contributed by atoms with Gasteiger partial charge in [0.05, 0.1) is 12.2 Å². The Kier molecular flexibility index (Phi) is 2.87. The maximum atomic E-state index is 5.92. The van der Waals surface area contributed by atoms with Gasteiger partial charge >= 0.3 is 0 Å². The third kappa shape index (κ3) is 1.92. The van der Waals surface area contributed by atoms with Gasteiger partial charge in [0.2, 0.25) is 0 Å². The van der Waals surface area contributed by atoms with Crippen molar-refractivity contribution in [1.82, 2.24) is 5.32 Å². The average molecular weight is 158 g/mol. The summed E-state index contributed by atoms with van der Waals surface area (Å²) >= 11 is 0. The fourth-order valence-corrected chi connectivity index (χ4v) is 1.41. The number of morpholine rings is 1. The first-order chi connectivity index (χ1) is 5.19. The molecule has 1 aliphatic rings. The molecule has 3 heteroatoms. The van der Waals surface area contributed by atoms with E-state index in [0.717, 1.165) is 26.1 Å². The van der Waals surface area contributed by atoms with E-state index < -0.39 is 0 Å². The first kappa shape index (κ1) is 8.97. The molecule has 0 aromatic rings. The molecule has 1 rings (SSSR count). The Labute approximate surface area is 68.3 Å². The minimum Gasteiger partial charge on any atom is -0.371 e. The van der Waals surface area contributed by atoms with E-state index in [4.69, 9.17) is 10.5 Å². The van der Waals surface area contributed by atoms with Crippen molar-refractivity contribution in [2.45, 2.75) is 31.9 Å². The van der Waals surface area contributed by atoms with E-state index in [1.54, 1.807) is 0 Å². The molecule has 11 heavy (non-hydrogen) atoms. The van der Waals surface area contributed by atoms with Crippen molar-refractivity contribution >= 4 is 0 Å². The fraction of sp³-hybridized carbons (Fsp3) is 1.00. The lowest BCUT2D eigenvalue weighted by Crippen LogP contribution is -2.57. The molecule has 0 aromatic heterocycles. The molecule has 3 N–H and O–H groups in total. The highest BCUT2D eigenvalue weighted by atomic mass is 16.5. The highest BCUT2D eigenvalue weighted by Crippen LogP contribution is 2.17. The minimum absolute atomic E-state index is 0.146. The van der Waals surface area contributed by atoms with Crippen LogP contribution in [-0.2, 0) is 4.74 Å². The Balaban J connectivity index is 2.49. The summed E-state index contributed by atoms with van der Waals surface area (Å²) in [6, 6.07) is 0.148. The van der Waals surface area contributed by atoms with Gasteiger partial charge in [-0.25, -0.2) is 0 Å². The van der Waals surface area contributed by atoms with Crippen molar-refractivity contribution < 1.29 is 4.74 Å². The Morgan fingerprint density at radius 2 is 2.45 bits per heavy atom. The average Bonchev–Trinajstić information content (AvgIpc) is 2.04. The smallest absolute Gasteiger partial charge is 0.0928 e. The van der Waals surface area contributed by atoms with Crippen LogP contribution in [0.3, 0.4) is 0 Å². The lowest BCUT2D eigenvalue weighted by atomic mass is 9.94. The molecule has 1 saturated heterocycles. The molecule has 0 radical (unpaired) electrons. The van der Waals surface area contributed by atoms with Crippen LogP contribution in [0.1, 0.15) is 20.3 Å². The van der Waals surface area contributed by atoms with E-state index in [0.29, 0.717) is 0 Å². The molecule has 66 valence electrons. The molecule has 2 unspecified atom stereocenters. The number of ether oxygens (including phenoxy) is 1. The van der Waals surface area contributed by atoms with Crippen LogP contribution in [0.4, 0.5) is 0 Å². The maximum Gasteiger partial charge on any atom is 0.0928 e. The molecule has 3 nitrogen and oxygen atoms in total. The van der Waals surface area contributed by atoms with Crippen molar-refractivity contribution in [2.24, 2.45) is 5.73 Å². The minimum atomic E-state index is -0.146. The van der Waals surface area contributed by atoms with Crippen LogP contribution < -0.4 is 11.1 Å². The van der Waals surface area contributed by atoms with E-state index in [2.05, 4.69) is 19.2 Å². The summed E-state index contributed by atoms with van der Waals surface area (Å²) in [6.07, 6.45) is 0.970. The molecule has 0 aliphatic carbocycles. The summed E-state index contributed by atoms with van der Waals surface area (Å²) in [5, 5.41) is 3.29. The third-order valence-corrected chi connectivity index (χ3v) is 2.41. The molecule has 1 fully saturated rings. The molecule has 0 saturated carbocycles. The molecular weight excluding hydrogens is 140 g/mol. The predicted molar refractivity (Wildman–Crippen MR) is 45.5 cm³/mol. The highest BCUT2D eigenvalue weighted by molar-refractivity contribution is 4.90. The summed E-state index contributed by atoms with van der Waals surface area (Å²) in [6.45, 7) is 6.78. The van der Waals surface area contributed by atoms with Crippen molar-refractivity contribution in [3.63, 3.8) is 0 Å². The summed E-state index contributed by atoms with van der Waals surface area (Å²) in [7, 11) is 0. The van der Waals surface area contributed by atoms with Crippen LogP contribution in [0.2, 0.25) is 0 Å². The van der Waals surface area contributed by atoms with Gasteiger partial charge in [0.25, 0.3) is 0 Å². The Bertz CT molecular complexity index is 121. The van der Waals surface area contributed by atoms with Gasteiger partial charge in [0.15, 0.2) is 0 Å². The fourth-order valence-electron chi connectivity index (χ4n) is 1.41. The van der Waals surface area contributed by atoms with E-state index in [1.807, 2.05) is 0 Å². The molecule has 1 aliphatic heterocycles. The van der Waals surface area contributed by atoms with Gasteiger partial charge in [-0.15, -0.1) is 0 Å².